The predicted octanol–water partition coefficient (Wildman–Crippen LogP) is 3.83. The molecule has 1 aromatic rings. The first-order valence-electron chi connectivity index (χ1n) is 5.81. The van der Waals surface area contributed by atoms with E-state index >= 15 is 0 Å². The molecule has 1 unspecified atom stereocenters. The van der Waals surface area contributed by atoms with Crippen LogP contribution in [0.1, 0.15) is 25.3 Å². The molecule has 0 saturated carbocycles. The van der Waals surface area contributed by atoms with Gasteiger partial charge in [0.05, 0.1) is 0 Å². The van der Waals surface area contributed by atoms with Crippen LogP contribution in [0.2, 0.25) is 5.02 Å². The van der Waals surface area contributed by atoms with Crippen LogP contribution < -0.4 is 5.32 Å². The van der Waals surface area contributed by atoms with Crippen LogP contribution in [0.4, 0.5) is 0 Å². The van der Waals surface area contributed by atoms with Crippen LogP contribution in [0.5, 0.6) is 0 Å². The summed E-state index contributed by atoms with van der Waals surface area (Å²) in [6.45, 7) is 6.94. The lowest BCUT2D eigenvalue weighted by molar-refractivity contribution is 0.521. The summed E-state index contributed by atoms with van der Waals surface area (Å²) in [5, 5.41) is 4.31. The zero-order valence-corrected chi connectivity index (χ0v) is 10.6. The van der Waals surface area contributed by atoms with Crippen LogP contribution in [0.3, 0.4) is 0 Å². The van der Waals surface area contributed by atoms with Gasteiger partial charge in [-0.2, -0.15) is 0 Å². The molecule has 1 atom stereocenters. The largest absolute Gasteiger partial charge is 0.314 e. The van der Waals surface area contributed by atoms with E-state index in [-0.39, 0.29) is 0 Å². The molecule has 1 rings (SSSR count). The van der Waals surface area contributed by atoms with Gasteiger partial charge in [-0.1, -0.05) is 29.8 Å². The smallest absolute Gasteiger partial charge is 0.0408 e. The Hall–Kier alpha value is -0.790. The van der Waals surface area contributed by atoms with Gasteiger partial charge in [0.1, 0.15) is 0 Å². The molecule has 0 aliphatic heterocycles. The van der Waals surface area contributed by atoms with Crippen molar-refractivity contribution in [3.8, 4) is 0 Å². The summed E-state index contributed by atoms with van der Waals surface area (Å²) >= 11 is 5.92. The van der Waals surface area contributed by atoms with Gasteiger partial charge in [-0.3, -0.25) is 0 Å². The molecule has 1 nitrogen and oxygen atoms in total. The molecule has 2 heteroatoms. The van der Waals surface area contributed by atoms with Gasteiger partial charge in [0.2, 0.25) is 0 Å². The summed E-state index contributed by atoms with van der Waals surface area (Å²) in [5.41, 5.74) is 1.29. The van der Waals surface area contributed by atoms with Gasteiger partial charge < -0.3 is 5.32 Å². The minimum atomic E-state index is 0.553. The van der Waals surface area contributed by atoms with Crippen LogP contribution in [-0.2, 0) is 6.42 Å². The van der Waals surface area contributed by atoms with Crippen molar-refractivity contribution in [3.05, 3.63) is 47.5 Å². The Morgan fingerprint density at radius 2 is 2.31 bits per heavy atom. The van der Waals surface area contributed by atoms with E-state index in [4.69, 9.17) is 11.6 Å². The molecule has 88 valence electrons. The second-order valence-corrected chi connectivity index (χ2v) is 4.54. The number of nitrogens with one attached hydrogen (secondary N) is 1. The first-order valence-corrected chi connectivity index (χ1v) is 6.19. The average Bonchev–Trinajstić information content (AvgIpc) is 2.26. The summed E-state index contributed by atoms with van der Waals surface area (Å²) in [6.07, 6.45) is 5.22. The number of rotatable bonds is 7. The highest BCUT2D eigenvalue weighted by Gasteiger charge is 1.99. The summed E-state index contributed by atoms with van der Waals surface area (Å²) in [7, 11) is 0. The number of hydrogen-bond donors (Lipinski definition) is 1. The molecule has 0 bridgehead atoms. The molecule has 0 radical (unpaired) electrons. The monoisotopic (exact) mass is 237 g/mol. The van der Waals surface area contributed by atoms with Crippen molar-refractivity contribution >= 4 is 11.6 Å². The molecular formula is C14H20ClN. The van der Waals surface area contributed by atoms with Crippen molar-refractivity contribution in [1.82, 2.24) is 5.32 Å². The molecule has 0 saturated heterocycles. The van der Waals surface area contributed by atoms with Crippen LogP contribution in [0.25, 0.3) is 0 Å². The van der Waals surface area contributed by atoms with Gasteiger partial charge in [-0.15, -0.1) is 6.58 Å². The minimum Gasteiger partial charge on any atom is -0.314 e. The SMILES string of the molecule is C=CCCC(C)NCCc1cccc(Cl)c1. The van der Waals surface area contributed by atoms with E-state index < -0.39 is 0 Å². The van der Waals surface area contributed by atoms with E-state index in [1.165, 1.54) is 5.56 Å². The van der Waals surface area contributed by atoms with Crippen LogP contribution >= 0.6 is 11.6 Å². The van der Waals surface area contributed by atoms with Crippen molar-refractivity contribution in [2.45, 2.75) is 32.2 Å². The Morgan fingerprint density at radius 3 is 3.00 bits per heavy atom. The summed E-state index contributed by atoms with van der Waals surface area (Å²) in [6, 6.07) is 8.60. The zero-order chi connectivity index (χ0) is 11.8. The highest BCUT2D eigenvalue weighted by molar-refractivity contribution is 6.30. The molecule has 0 heterocycles. The lowest BCUT2D eigenvalue weighted by Crippen LogP contribution is -2.27. The quantitative estimate of drug-likeness (QED) is 0.711. The second kappa shape index (κ2) is 7.48. The van der Waals surface area contributed by atoms with Crippen molar-refractivity contribution in [2.24, 2.45) is 0 Å². The Bertz CT molecular complexity index is 322. The molecule has 16 heavy (non-hydrogen) atoms. The van der Waals surface area contributed by atoms with Gasteiger partial charge in [0.25, 0.3) is 0 Å². The molecule has 0 spiro atoms. The topological polar surface area (TPSA) is 12.0 Å². The zero-order valence-electron chi connectivity index (χ0n) is 9.88. The van der Waals surface area contributed by atoms with E-state index in [0.29, 0.717) is 6.04 Å². The van der Waals surface area contributed by atoms with E-state index in [2.05, 4.69) is 24.9 Å². The molecule has 0 aliphatic rings. The Kier molecular flexibility index (Phi) is 6.20. The highest BCUT2D eigenvalue weighted by atomic mass is 35.5. The number of hydrogen-bond acceptors (Lipinski definition) is 1. The Balaban J connectivity index is 2.22. The maximum Gasteiger partial charge on any atom is 0.0408 e. The highest BCUT2D eigenvalue weighted by Crippen LogP contribution is 2.10. The third-order valence-electron chi connectivity index (χ3n) is 2.60. The molecular weight excluding hydrogens is 218 g/mol. The van der Waals surface area contributed by atoms with Gasteiger partial charge in [-0.05, 0) is 50.4 Å². The molecule has 0 fully saturated rings. The molecule has 1 N–H and O–H groups in total. The fraction of sp³-hybridized carbons (Fsp3) is 0.429. The van der Waals surface area contributed by atoms with Crippen molar-refractivity contribution in [3.63, 3.8) is 0 Å². The van der Waals surface area contributed by atoms with E-state index in [0.717, 1.165) is 30.8 Å². The molecule has 0 aromatic heterocycles. The third-order valence-corrected chi connectivity index (χ3v) is 2.83. The fourth-order valence-electron chi connectivity index (χ4n) is 1.63. The predicted molar refractivity (Wildman–Crippen MR) is 72.1 cm³/mol. The number of allylic oxidation sites excluding steroid dienone is 1. The normalized spacial score (nSPS) is 12.4. The van der Waals surface area contributed by atoms with Crippen molar-refractivity contribution in [1.29, 1.82) is 0 Å². The summed E-state index contributed by atoms with van der Waals surface area (Å²) in [4.78, 5) is 0. The summed E-state index contributed by atoms with van der Waals surface area (Å²) in [5.74, 6) is 0. The van der Waals surface area contributed by atoms with E-state index in [1.54, 1.807) is 0 Å². The molecule has 0 amide bonds. The first kappa shape index (κ1) is 13.3. The van der Waals surface area contributed by atoms with Crippen LogP contribution in [-0.4, -0.2) is 12.6 Å². The Morgan fingerprint density at radius 1 is 1.50 bits per heavy atom. The van der Waals surface area contributed by atoms with Gasteiger partial charge in [0.15, 0.2) is 0 Å². The second-order valence-electron chi connectivity index (χ2n) is 4.10. The number of halogens is 1. The van der Waals surface area contributed by atoms with E-state index in [9.17, 15) is 0 Å². The minimum absolute atomic E-state index is 0.553. The lowest BCUT2D eigenvalue weighted by atomic mass is 10.1. The molecule has 1 aromatic carbocycles. The van der Waals surface area contributed by atoms with Crippen molar-refractivity contribution < 1.29 is 0 Å². The van der Waals surface area contributed by atoms with Gasteiger partial charge in [-0.25, -0.2) is 0 Å². The maximum absolute atomic E-state index is 5.92. The van der Waals surface area contributed by atoms with E-state index in [1.807, 2.05) is 24.3 Å². The fourth-order valence-corrected chi connectivity index (χ4v) is 1.84. The lowest BCUT2D eigenvalue weighted by Gasteiger charge is -2.12. The Labute approximate surface area is 104 Å². The number of benzene rings is 1. The van der Waals surface area contributed by atoms with Crippen LogP contribution in [0, 0.1) is 0 Å². The van der Waals surface area contributed by atoms with Gasteiger partial charge in [0, 0.05) is 11.1 Å². The van der Waals surface area contributed by atoms with Crippen molar-refractivity contribution in [2.75, 3.05) is 6.54 Å². The summed E-state index contributed by atoms with van der Waals surface area (Å²) < 4.78 is 0. The standard InChI is InChI=1S/C14H20ClN/c1-3-4-6-12(2)16-10-9-13-7-5-8-14(15)11-13/h3,5,7-8,11-12,16H,1,4,6,9-10H2,2H3. The molecule has 0 aliphatic carbocycles. The maximum atomic E-state index is 5.92. The first-order chi connectivity index (χ1) is 7.72. The third kappa shape index (κ3) is 5.34. The van der Waals surface area contributed by atoms with Gasteiger partial charge >= 0.3 is 0 Å². The average molecular weight is 238 g/mol. The van der Waals surface area contributed by atoms with Crippen LogP contribution in [0.15, 0.2) is 36.9 Å².